The number of aromatic amines is 1. The highest BCUT2D eigenvalue weighted by Gasteiger charge is 2.22. The van der Waals surface area contributed by atoms with Crippen molar-refractivity contribution in [2.24, 2.45) is 5.92 Å². The number of anilines is 1. The van der Waals surface area contributed by atoms with Gasteiger partial charge >= 0.3 is 0 Å². The standard InChI is InChI=1S/C28H36N4O2/c1-20-7-12-26-25(19-20)23-5-3-6-24(27(23)30-26)28(33)29-13-4-14-31-15-17-32(18-16-31)21-8-10-22(34-2)11-9-21/h3,5-6,8-11,20,30H,4,7,12-19H2,1-2H3,(H,29,33). The Kier molecular flexibility index (Phi) is 6.77. The lowest BCUT2D eigenvalue weighted by molar-refractivity contribution is 0.0953. The van der Waals surface area contributed by atoms with Crippen LogP contribution in [0.4, 0.5) is 5.69 Å². The van der Waals surface area contributed by atoms with Gasteiger partial charge in [-0.3, -0.25) is 9.69 Å². The summed E-state index contributed by atoms with van der Waals surface area (Å²) in [5.74, 6) is 1.63. The molecule has 6 heteroatoms. The largest absolute Gasteiger partial charge is 0.497 e. The van der Waals surface area contributed by atoms with Crippen LogP contribution >= 0.6 is 0 Å². The fourth-order valence-electron chi connectivity index (χ4n) is 5.43. The maximum absolute atomic E-state index is 13.0. The summed E-state index contributed by atoms with van der Waals surface area (Å²) in [5.41, 5.74) is 5.77. The predicted octanol–water partition coefficient (Wildman–Crippen LogP) is 4.24. The van der Waals surface area contributed by atoms with Crippen molar-refractivity contribution in [3.8, 4) is 5.75 Å². The van der Waals surface area contributed by atoms with Crippen LogP contribution in [0.1, 0.15) is 41.4 Å². The fraction of sp³-hybridized carbons (Fsp3) is 0.464. The van der Waals surface area contributed by atoms with E-state index in [2.05, 4.69) is 45.2 Å². The van der Waals surface area contributed by atoms with E-state index < -0.39 is 0 Å². The number of ether oxygens (including phenoxy) is 1. The number of carbonyl (C=O) groups is 1. The second kappa shape index (κ2) is 10.1. The number of carbonyl (C=O) groups excluding carboxylic acids is 1. The Morgan fingerprint density at radius 3 is 2.68 bits per heavy atom. The minimum atomic E-state index is 0.0292. The summed E-state index contributed by atoms with van der Waals surface area (Å²) in [6, 6.07) is 14.4. The first kappa shape index (κ1) is 22.8. The lowest BCUT2D eigenvalue weighted by Gasteiger charge is -2.36. The van der Waals surface area contributed by atoms with E-state index in [0.717, 1.165) is 68.8 Å². The van der Waals surface area contributed by atoms with Gasteiger partial charge in [-0.05, 0) is 74.0 Å². The Morgan fingerprint density at radius 1 is 1.12 bits per heavy atom. The summed E-state index contributed by atoms with van der Waals surface area (Å²) in [4.78, 5) is 21.5. The molecule has 0 spiro atoms. The molecule has 1 amide bonds. The number of fused-ring (bicyclic) bond motifs is 3. The zero-order chi connectivity index (χ0) is 23.5. The molecule has 1 atom stereocenters. The molecule has 2 N–H and O–H groups in total. The first-order valence-corrected chi connectivity index (χ1v) is 12.6. The maximum Gasteiger partial charge on any atom is 0.253 e. The Balaban J connectivity index is 1.10. The molecule has 180 valence electrons. The molecule has 1 aliphatic carbocycles. The molecule has 1 saturated heterocycles. The van der Waals surface area contributed by atoms with Crippen LogP contribution in [0.25, 0.3) is 10.9 Å². The highest BCUT2D eigenvalue weighted by Crippen LogP contribution is 2.33. The van der Waals surface area contributed by atoms with Gasteiger partial charge in [0.25, 0.3) is 5.91 Å². The van der Waals surface area contributed by atoms with Crippen molar-refractivity contribution in [1.82, 2.24) is 15.2 Å². The van der Waals surface area contributed by atoms with E-state index in [1.807, 2.05) is 24.3 Å². The number of amides is 1. The molecule has 1 aliphatic heterocycles. The van der Waals surface area contributed by atoms with Crippen molar-refractivity contribution in [2.75, 3.05) is 51.3 Å². The number of hydrogen-bond acceptors (Lipinski definition) is 4. The number of H-pyrrole nitrogens is 1. The molecule has 2 aliphatic rings. The summed E-state index contributed by atoms with van der Waals surface area (Å²) in [7, 11) is 1.70. The predicted molar refractivity (Wildman–Crippen MR) is 138 cm³/mol. The van der Waals surface area contributed by atoms with Gasteiger partial charge in [-0.2, -0.15) is 0 Å². The van der Waals surface area contributed by atoms with Gasteiger partial charge in [0.1, 0.15) is 5.75 Å². The third-order valence-electron chi connectivity index (χ3n) is 7.46. The van der Waals surface area contributed by atoms with Crippen LogP contribution in [-0.4, -0.2) is 62.2 Å². The van der Waals surface area contributed by atoms with Crippen LogP contribution in [0.3, 0.4) is 0 Å². The van der Waals surface area contributed by atoms with E-state index >= 15 is 0 Å². The molecular formula is C28H36N4O2. The molecule has 0 bridgehead atoms. The minimum Gasteiger partial charge on any atom is -0.497 e. The molecule has 34 heavy (non-hydrogen) atoms. The summed E-state index contributed by atoms with van der Waals surface area (Å²) < 4.78 is 5.26. The van der Waals surface area contributed by atoms with E-state index in [9.17, 15) is 4.79 Å². The van der Waals surface area contributed by atoms with Crippen LogP contribution in [0.2, 0.25) is 0 Å². The third-order valence-corrected chi connectivity index (χ3v) is 7.46. The molecular weight excluding hydrogens is 424 g/mol. The number of aryl methyl sites for hydroxylation is 1. The molecule has 0 saturated carbocycles. The zero-order valence-corrected chi connectivity index (χ0v) is 20.4. The van der Waals surface area contributed by atoms with Gasteiger partial charge in [0.05, 0.1) is 18.2 Å². The summed E-state index contributed by atoms with van der Waals surface area (Å²) in [6.07, 6.45) is 4.36. The average Bonchev–Trinajstić information content (AvgIpc) is 3.25. The number of benzene rings is 2. The molecule has 2 heterocycles. The second-order valence-corrected chi connectivity index (χ2v) is 9.79. The Hall–Kier alpha value is -2.99. The first-order chi connectivity index (χ1) is 16.6. The molecule has 1 fully saturated rings. The minimum absolute atomic E-state index is 0.0292. The van der Waals surface area contributed by atoms with E-state index in [4.69, 9.17) is 4.74 Å². The quantitative estimate of drug-likeness (QED) is 0.518. The van der Waals surface area contributed by atoms with Crippen LogP contribution in [0, 0.1) is 5.92 Å². The van der Waals surface area contributed by atoms with Crippen LogP contribution in [0.5, 0.6) is 5.75 Å². The van der Waals surface area contributed by atoms with Gasteiger partial charge in [0.2, 0.25) is 0 Å². The normalized spacial score (nSPS) is 18.6. The van der Waals surface area contributed by atoms with E-state index in [-0.39, 0.29) is 5.91 Å². The molecule has 6 nitrogen and oxygen atoms in total. The van der Waals surface area contributed by atoms with Crippen LogP contribution in [-0.2, 0) is 12.8 Å². The number of aromatic nitrogens is 1. The van der Waals surface area contributed by atoms with Gasteiger partial charge in [-0.1, -0.05) is 19.1 Å². The van der Waals surface area contributed by atoms with Gasteiger partial charge < -0.3 is 19.9 Å². The molecule has 5 rings (SSSR count). The van der Waals surface area contributed by atoms with Gasteiger partial charge in [0, 0.05) is 49.5 Å². The van der Waals surface area contributed by atoms with Crippen molar-refractivity contribution in [3.63, 3.8) is 0 Å². The van der Waals surface area contributed by atoms with E-state index in [1.165, 1.54) is 28.8 Å². The average molecular weight is 461 g/mol. The van der Waals surface area contributed by atoms with Gasteiger partial charge in [-0.25, -0.2) is 0 Å². The molecule has 2 aromatic carbocycles. The first-order valence-electron chi connectivity index (χ1n) is 12.6. The lowest BCUT2D eigenvalue weighted by atomic mass is 9.87. The summed E-state index contributed by atoms with van der Waals surface area (Å²) in [5, 5.41) is 4.38. The van der Waals surface area contributed by atoms with Crippen molar-refractivity contribution < 1.29 is 9.53 Å². The topological polar surface area (TPSA) is 60.6 Å². The van der Waals surface area contributed by atoms with Gasteiger partial charge in [-0.15, -0.1) is 0 Å². The van der Waals surface area contributed by atoms with Gasteiger partial charge in [0.15, 0.2) is 0 Å². The Bertz CT molecular complexity index is 1130. The van der Waals surface area contributed by atoms with Crippen molar-refractivity contribution in [1.29, 1.82) is 0 Å². The smallest absolute Gasteiger partial charge is 0.253 e. The number of piperazine rings is 1. The highest BCUT2D eigenvalue weighted by molar-refractivity contribution is 6.06. The zero-order valence-electron chi connectivity index (χ0n) is 20.4. The SMILES string of the molecule is COc1ccc(N2CCN(CCCNC(=O)c3cccc4c5c([nH]c34)CCC(C)C5)CC2)cc1. The van der Waals surface area contributed by atoms with E-state index in [1.54, 1.807) is 7.11 Å². The highest BCUT2D eigenvalue weighted by atomic mass is 16.5. The van der Waals surface area contributed by atoms with Crippen molar-refractivity contribution in [3.05, 3.63) is 59.3 Å². The second-order valence-electron chi connectivity index (χ2n) is 9.79. The monoisotopic (exact) mass is 460 g/mol. The summed E-state index contributed by atoms with van der Waals surface area (Å²) in [6.45, 7) is 8.17. The number of rotatable bonds is 7. The lowest BCUT2D eigenvalue weighted by Crippen LogP contribution is -2.47. The van der Waals surface area contributed by atoms with Crippen LogP contribution < -0.4 is 15.0 Å². The number of methoxy groups -OCH3 is 1. The van der Waals surface area contributed by atoms with Crippen molar-refractivity contribution >= 4 is 22.5 Å². The molecule has 1 unspecified atom stereocenters. The fourth-order valence-corrected chi connectivity index (χ4v) is 5.43. The number of para-hydroxylation sites is 1. The third kappa shape index (κ3) is 4.78. The molecule has 1 aromatic heterocycles. The molecule has 3 aromatic rings. The number of nitrogens with one attached hydrogen (secondary N) is 2. The Morgan fingerprint density at radius 2 is 1.91 bits per heavy atom. The Labute approximate surface area is 202 Å². The molecule has 0 radical (unpaired) electrons. The van der Waals surface area contributed by atoms with Crippen molar-refractivity contribution in [2.45, 2.75) is 32.6 Å². The number of hydrogen-bond donors (Lipinski definition) is 2. The maximum atomic E-state index is 13.0. The van der Waals surface area contributed by atoms with Crippen LogP contribution in [0.15, 0.2) is 42.5 Å². The number of nitrogens with zero attached hydrogens (tertiary/aromatic N) is 2. The summed E-state index contributed by atoms with van der Waals surface area (Å²) >= 11 is 0. The van der Waals surface area contributed by atoms with E-state index in [0.29, 0.717) is 12.5 Å².